The number of hydrogen-bond donors (Lipinski definition) is 2. The average Bonchev–Trinajstić information content (AvgIpc) is 3.75. The smallest absolute Gasteiger partial charge is 0.333 e. The molecule has 2 aromatic carbocycles. The van der Waals surface area contributed by atoms with E-state index < -0.39 is 12.5 Å². The Labute approximate surface area is 361 Å². The second-order valence-electron chi connectivity index (χ2n) is 21.2. The van der Waals surface area contributed by atoms with Crippen molar-refractivity contribution in [3.05, 3.63) is 94.1 Å². The van der Waals surface area contributed by atoms with Crippen LogP contribution in [-0.4, -0.2) is 24.4 Å². The maximum Gasteiger partial charge on any atom is 0.333 e. The number of nitrogens with one attached hydrogen (secondary N) is 2. The number of cyclic esters (lactones) is 2. The van der Waals surface area contributed by atoms with Crippen LogP contribution in [0.5, 0.6) is 0 Å². The highest BCUT2D eigenvalue weighted by Crippen LogP contribution is 2.63. The van der Waals surface area contributed by atoms with Gasteiger partial charge in [-0.1, -0.05) is 77.0 Å². The Balaban J connectivity index is 0.908. The molecule has 6 heteroatoms. The Morgan fingerprint density at radius 1 is 0.600 bits per heavy atom. The first-order valence-corrected chi connectivity index (χ1v) is 23.4. The van der Waals surface area contributed by atoms with Crippen LogP contribution in [0.3, 0.4) is 0 Å². The molecular formula is C54H72N2O4. The highest BCUT2D eigenvalue weighted by atomic mass is 16.6. The predicted molar refractivity (Wildman–Crippen MR) is 245 cm³/mol. The van der Waals surface area contributed by atoms with Crippen molar-refractivity contribution in [3.8, 4) is 11.1 Å². The molecule has 6 nitrogen and oxygen atoms in total. The molecule has 60 heavy (non-hydrogen) atoms. The minimum absolute atomic E-state index is 0.210. The largest absolute Gasteiger partial charge is 0.435 e. The SMILES string of the molecule is CC1=CCC[C@@H]2[C@@](C)(CCC3=CC(=O)OC3Nc3ccc(-c4ccc(NC5OC(=O)C=C5CC[C@@]5(C)[C@H](C)CC[C@@]6(C)C(C)=CCC[C@H]56)c(C)c4)cc3C)[C@H](C)CC[C@@]12C. The maximum atomic E-state index is 12.7. The zero-order chi connectivity index (χ0) is 42.8. The molecule has 0 radical (unpaired) electrons. The van der Waals surface area contributed by atoms with Gasteiger partial charge in [-0.05, 0) is 208 Å². The summed E-state index contributed by atoms with van der Waals surface area (Å²) < 4.78 is 11.8. The van der Waals surface area contributed by atoms with Crippen molar-refractivity contribution in [1.29, 1.82) is 0 Å². The summed E-state index contributed by atoms with van der Waals surface area (Å²) in [6.07, 6.45) is 21.2. The number of allylic oxidation sites excluding steroid dienone is 4. The Bertz CT molecular complexity index is 2010. The van der Waals surface area contributed by atoms with Crippen LogP contribution < -0.4 is 10.6 Å². The van der Waals surface area contributed by atoms with Gasteiger partial charge in [0.05, 0.1) is 0 Å². The fraction of sp³-hybridized carbons (Fsp3) is 0.593. The summed E-state index contributed by atoms with van der Waals surface area (Å²) in [6, 6.07) is 12.9. The third kappa shape index (κ3) is 7.50. The minimum atomic E-state index is -0.456. The molecule has 6 aliphatic rings. The van der Waals surface area contributed by atoms with Gasteiger partial charge in [0.15, 0.2) is 12.5 Å². The van der Waals surface area contributed by atoms with Gasteiger partial charge in [0, 0.05) is 23.5 Å². The van der Waals surface area contributed by atoms with Gasteiger partial charge >= 0.3 is 11.9 Å². The molecule has 2 N–H and O–H groups in total. The molecule has 0 amide bonds. The number of aryl methyl sites for hydroxylation is 2. The Morgan fingerprint density at radius 3 is 1.38 bits per heavy atom. The molecule has 322 valence electrons. The molecule has 2 saturated carbocycles. The first-order chi connectivity index (χ1) is 28.4. The van der Waals surface area contributed by atoms with Crippen molar-refractivity contribution in [2.45, 2.75) is 159 Å². The van der Waals surface area contributed by atoms with Gasteiger partial charge in [-0.3, -0.25) is 0 Å². The third-order valence-corrected chi connectivity index (χ3v) is 18.2. The number of esters is 2. The molecule has 2 aromatic rings. The van der Waals surface area contributed by atoms with Crippen molar-refractivity contribution >= 4 is 23.3 Å². The summed E-state index contributed by atoms with van der Waals surface area (Å²) in [5.41, 5.74) is 12.6. The molecular weight excluding hydrogens is 741 g/mol. The van der Waals surface area contributed by atoms with E-state index in [0.29, 0.717) is 23.7 Å². The first kappa shape index (κ1) is 42.6. The normalized spacial score (nSPS) is 36.2. The van der Waals surface area contributed by atoms with E-state index in [-0.39, 0.29) is 33.6 Å². The third-order valence-electron chi connectivity index (χ3n) is 18.2. The van der Waals surface area contributed by atoms with E-state index in [9.17, 15) is 9.59 Å². The fourth-order valence-electron chi connectivity index (χ4n) is 13.3. The lowest BCUT2D eigenvalue weighted by atomic mass is 9.47. The molecule has 0 saturated heterocycles. The number of ether oxygens (including phenoxy) is 2. The van der Waals surface area contributed by atoms with Crippen molar-refractivity contribution in [2.75, 3.05) is 10.6 Å². The number of fused-ring (bicyclic) bond motifs is 2. The summed E-state index contributed by atoms with van der Waals surface area (Å²) in [5, 5.41) is 7.19. The summed E-state index contributed by atoms with van der Waals surface area (Å²) in [5.74, 6) is 2.08. The fourth-order valence-corrected chi connectivity index (χ4v) is 13.3. The number of carbonyl (C=O) groups excluding carboxylic acids is 2. The number of anilines is 2. The van der Waals surface area contributed by atoms with Gasteiger partial charge in [0.1, 0.15) is 0 Å². The number of carbonyl (C=O) groups is 2. The number of hydrogen-bond acceptors (Lipinski definition) is 6. The van der Waals surface area contributed by atoms with Gasteiger partial charge in [-0.25, -0.2) is 9.59 Å². The molecule has 10 atom stereocenters. The highest BCUT2D eigenvalue weighted by Gasteiger charge is 2.54. The molecule has 0 bridgehead atoms. The average molecular weight is 813 g/mol. The van der Waals surface area contributed by atoms with Crippen LogP contribution in [0.25, 0.3) is 11.1 Å². The Hall–Kier alpha value is -4.06. The molecule has 2 aliphatic heterocycles. The van der Waals surface area contributed by atoms with Crippen LogP contribution in [0, 0.1) is 59.2 Å². The van der Waals surface area contributed by atoms with Crippen molar-refractivity contribution in [1.82, 2.24) is 0 Å². The number of benzene rings is 2. The monoisotopic (exact) mass is 813 g/mol. The molecule has 8 rings (SSSR count). The van der Waals surface area contributed by atoms with Crippen LogP contribution in [0.15, 0.2) is 83.0 Å². The Kier molecular flexibility index (Phi) is 11.4. The molecule has 4 aliphatic carbocycles. The summed E-state index contributed by atoms with van der Waals surface area (Å²) >= 11 is 0. The maximum absolute atomic E-state index is 12.7. The van der Waals surface area contributed by atoms with Gasteiger partial charge in [0.25, 0.3) is 0 Å². The molecule has 2 heterocycles. The van der Waals surface area contributed by atoms with Crippen LogP contribution >= 0.6 is 0 Å². The molecule has 0 spiro atoms. The van der Waals surface area contributed by atoms with Crippen LogP contribution in [0.2, 0.25) is 0 Å². The summed E-state index contributed by atoms with van der Waals surface area (Å²) in [4.78, 5) is 25.4. The van der Waals surface area contributed by atoms with Crippen LogP contribution in [-0.2, 0) is 19.1 Å². The van der Waals surface area contributed by atoms with Gasteiger partial charge in [-0.2, -0.15) is 0 Å². The van der Waals surface area contributed by atoms with Gasteiger partial charge in [0.2, 0.25) is 0 Å². The molecule has 2 fully saturated rings. The first-order valence-electron chi connectivity index (χ1n) is 23.4. The van der Waals surface area contributed by atoms with Crippen molar-refractivity contribution in [3.63, 3.8) is 0 Å². The van der Waals surface area contributed by atoms with Crippen LogP contribution in [0.4, 0.5) is 11.4 Å². The van der Waals surface area contributed by atoms with Gasteiger partial charge in [-0.15, -0.1) is 0 Å². The second-order valence-corrected chi connectivity index (χ2v) is 21.2. The Morgan fingerprint density at radius 2 is 1.00 bits per heavy atom. The minimum Gasteiger partial charge on any atom is -0.435 e. The van der Waals surface area contributed by atoms with E-state index in [1.54, 1.807) is 23.3 Å². The van der Waals surface area contributed by atoms with E-state index >= 15 is 0 Å². The summed E-state index contributed by atoms with van der Waals surface area (Å²) in [7, 11) is 0. The van der Waals surface area contributed by atoms with Crippen LogP contribution in [0.1, 0.15) is 144 Å². The van der Waals surface area contributed by atoms with Crippen molar-refractivity contribution in [2.24, 2.45) is 45.3 Å². The van der Waals surface area contributed by atoms with E-state index in [1.165, 1.54) is 51.4 Å². The lowest BCUT2D eigenvalue weighted by Crippen LogP contribution is -2.49. The quantitative estimate of drug-likeness (QED) is 0.174. The van der Waals surface area contributed by atoms with Crippen molar-refractivity contribution < 1.29 is 19.1 Å². The molecule has 2 unspecified atom stereocenters. The standard InChI is InChI=1S/C54H72N2O4/c1-33-29-39(17-19-43(33)55-49-41(31-47(57)59-49)23-27-53(9)37(5)21-25-51(7)35(3)13-11-15-45(51)53)40-18-20-44(34(2)30-40)56-50-42(32-48(58)60-50)24-28-54(10)38(6)22-26-52(8)36(4)14-12-16-46(52)54/h13-14,17-20,29-32,37-38,45-46,49-50,55-56H,11-12,15-16,21-28H2,1-10H3/t37-,38-,45+,46+,49?,50?,51+,52+,53+,54+/m1/s1. The zero-order valence-corrected chi connectivity index (χ0v) is 38.4. The highest BCUT2D eigenvalue weighted by molar-refractivity contribution is 5.87. The second kappa shape index (κ2) is 16.0. The van der Waals surface area contributed by atoms with E-state index in [2.05, 4.69) is 128 Å². The molecule has 0 aromatic heterocycles. The topological polar surface area (TPSA) is 76.7 Å². The predicted octanol–water partition coefficient (Wildman–Crippen LogP) is 13.6. The van der Waals surface area contributed by atoms with Gasteiger partial charge < -0.3 is 20.1 Å². The zero-order valence-electron chi connectivity index (χ0n) is 38.4. The van der Waals surface area contributed by atoms with E-state index in [1.807, 2.05) is 0 Å². The lowest BCUT2D eigenvalue weighted by molar-refractivity contribution is -0.138. The summed E-state index contributed by atoms with van der Waals surface area (Å²) in [6.45, 7) is 23.9. The van der Waals surface area contributed by atoms with E-state index in [4.69, 9.17) is 9.47 Å². The number of rotatable bonds is 11. The lowest BCUT2D eigenvalue weighted by Gasteiger charge is -2.58. The van der Waals surface area contributed by atoms with E-state index in [0.717, 1.165) is 70.5 Å².